The van der Waals surface area contributed by atoms with Crippen molar-refractivity contribution in [1.29, 1.82) is 0 Å². The summed E-state index contributed by atoms with van der Waals surface area (Å²) in [7, 11) is 0. The molecule has 0 heterocycles. The Balaban J connectivity index is 0. The molecule has 0 rings (SSSR count). The first-order valence-electron chi connectivity index (χ1n) is 2.06. The van der Waals surface area contributed by atoms with Crippen molar-refractivity contribution in [3.8, 4) is 0 Å². The van der Waals surface area contributed by atoms with Gasteiger partial charge in [0, 0.05) is 5.75 Å². The maximum absolute atomic E-state index is 9.85. The smallest absolute Gasteiger partial charge is 0.146 e. The van der Waals surface area contributed by atoms with Gasteiger partial charge in [-0.1, -0.05) is 13.5 Å². The van der Waals surface area contributed by atoms with E-state index in [-0.39, 0.29) is 7.43 Å². The van der Waals surface area contributed by atoms with Gasteiger partial charge >= 0.3 is 0 Å². The molecule has 48 valence electrons. The first-order valence-corrected chi connectivity index (χ1v) is 2.69. The van der Waals surface area contributed by atoms with E-state index >= 15 is 0 Å². The lowest BCUT2D eigenvalue weighted by Gasteiger charge is -1.83. The molecule has 0 bridgehead atoms. The summed E-state index contributed by atoms with van der Waals surface area (Å²) < 4.78 is 0. The fourth-order valence-corrected chi connectivity index (χ4v) is 0.454. The summed E-state index contributed by atoms with van der Waals surface area (Å²) in [4.78, 5) is 9.85. The molecule has 0 saturated heterocycles. The molecule has 2 heteroatoms. The van der Waals surface area contributed by atoms with Crippen LogP contribution in [0, 0.1) is 0 Å². The Morgan fingerprint density at radius 2 is 2.25 bits per heavy atom. The second-order valence-corrected chi connectivity index (χ2v) is 1.46. The van der Waals surface area contributed by atoms with Crippen molar-refractivity contribution in [3.63, 3.8) is 0 Å². The fraction of sp³-hybridized carbons (Fsp3) is 0.500. The quantitative estimate of drug-likeness (QED) is 0.344. The zero-order valence-electron chi connectivity index (χ0n) is 4.22. The van der Waals surface area contributed by atoms with E-state index in [2.05, 4.69) is 12.6 Å². The van der Waals surface area contributed by atoms with Gasteiger partial charge in [0.2, 0.25) is 0 Å². The molecular weight excluding hydrogens is 120 g/mol. The van der Waals surface area contributed by atoms with Gasteiger partial charge < -0.3 is 0 Å². The van der Waals surface area contributed by atoms with Crippen LogP contribution in [0.2, 0.25) is 0 Å². The van der Waals surface area contributed by atoms with Gasteiger partial charge in [0.25, 0.3) is 0 Å². The number of hydrogen-bond donors (Lipinski definition) is 1. The summed E-state index contributed by atoms with van der Waals surface area (Å²) in [5.41, 5.74) is 0.739. The van der Waals surface area contributed by atoms with E-state index in [0.717, 1.165) is 11.9 Å². The molecule has 1 nitrogen and oxygen atoms in total. The number of carbonyl (C=O) groups is 1. The second-order valence-electron chi connectivity index (χ2n) is 1.14. The van der Waals surface area contributed by atoms with Crippen LogP contribution >= 0.6 is 12.6 Å². The molecule has 0 aromatic carbocycles. The van der Waals surface area contributed by atoms with Gasteiger partial charge in [-0.15, -0.1) is 0 Å². The monoisotopic (exact) mass is 132 g/mol. The van der Waals surface area contributed by atoms with Crippen LogP contribution in [0.4, 0.5) is 0 Å². The lowest BCUT2D eigenvalue weighted by molar-refractivity contribution is -0.104. The van der Waals surface area contributed by atoms with E-state index in [4.69, 9.17) is 0 Å². The van der Waals surface area contributed by atoms with E-state index in [1.54, 1.807) is 6.08 Å². The topological polar surface area (TPSA) is 17.1 Å². The highest BCUT2D eigenvalue weighted by molar-refractivity contribution is 7.80. The molecule has 0 aliphatic carbocycles. The van der Waals surface area contributed by atoms with E-state index in [1.807, 2.05) is 6.92 Å². The number of aldehydes is 1. The van der Waals surface area contributed by atoms with Crippen LogP contribution in [0.5, 0.6) is 0 Å². The van der Waals surface area contributed by atoms with Gasteiger partial charge in [0.1, 0.15) is 6.29 Å². The number of hydrogen-bond acceptors (Lipinski definition) is 2. The predicted octanol–water partition coefficient (Wildman–Crippen LogP) is 1.70. The minimum absolute atomic E-state index is 0. The van der Waals surface area contributed by atoms with Crippen molar-refractivity contribution < 1.29 is 4.79 Å². The maximum atomic E-state index is 9.85. The molecule has 0 unspecified atom stereocenters. The van der Waals surface area contributed by atoms with Crippen LogP contribution in [0.25, 0.3) is 0 Å². The molecule has 0 fully saturated rings. The molecule has 0 aliphatic rings. The van der Waals surface area contributed by atoms with Gasteiger partial charge in [0.05, 0.1) is 0 Å². The summed E-state index contributed by atoms with van der Waals surface area (Å²) in [5.74, 6) is 0.542. The van der Waals surface area contributed by atoms with E-state index in [0.29, 0.717) is 5.75 Å². The maximum Gasteiger partial charge on any atom is 0.146 e. The van der Waals surface area contributed by atoms with Crippen molar-refractivity contribution >= 4 is 18.9 Å². The van der Waals surface area contributed by atoms with Crippen LogP contribution in [-0.2, 0) is 4.79 Å². The highest BCUT2D eigenvalue weighted by atomic mass is 32.1. The molecule has 0 aliphatic heterocycles. The third-order valence-corrected chi connectivity index (χ3v) is 1.07. The number of rotatable bonds is 2. The van der Waals surface area contributed by atoms with Crippen LogP contribution < -0.4 is 0 Å². The Hall–Kier alpha value is -0.240. The molecule has 0 atom stereocenters. The minimum Gasteiger partial charge on any atom is -0.298 e. The van der Waals surface area contributed by atoms with Gasteiger partial charge in [-0.2, -0.15) is 12.6 Å². The molecule has 0 aromatic rings. The summed E-state index contributed by atoms with van der Waals surface area (Å²) >= 11 is 3.88. The summed E-state index contributed by atoms with van der Waals surface area (Å²) in [6, 6.07) is 0. The second kappa shape index (κ2) is 6.76. The fourth-order valence-electron chi connectivity index (χ4n) is 0.197. The summed E-state index contributed by atoms with van der Waals surface area (Å²) in [6.45, 7) is 1.82. The van der Waals surface area contributed by atoms with E-state index < -0.39 is 0 Å². The number of carbonyl (C=O) groups excluding carboxylic acids is 1. The molecule has 0 spiro atoms. The lowest BCUT2D eigenvalue weighted by atomic mass is 10.3. The average molecular weight is 132 g/mol. The molecule has 0 N–H and O–H groups in total. The summed E-state index contributed by atoms with van der Waals surface area (Å²) in [5, 5.41) is 0. The van der Waals surface area contributed by atoms with Crippen molar-refractivity contribution in [2.45, 2.75) is 14.4 Å². The van der Waals surface area contributed by atoms with Crippen molar-refractivity contribution in [1.82, 2.24) is 0 Å². The standard InChI is InChI=1S/C5H8OS.CH4/c1-2-5(3-6)4-7;/h2-3,7H,4H2,1H3;1H4. The Morgan fingerprint density at radius 3 is 2.25 bits per heavy atom. The number of thiol groups is 1. The largest absolute Gasteiger partial charge is 0.298 e. The molecule has 0 amide bonds. The van der Waals surface area contributed by atoms with Crippen molar-refractivity contribution in [3.05, 3.63) is 11.6 Å². The molecule has 0 aromatic heterocycles. The third-order valence-electron chi connectivity index (χ3n) is 0.705. The Bertz CT molecular complexity index is 86.5. The Kier molecular flexibility index (Phi) is 9.03. The highest BCUT2D eigenvalue weighted by Gasteiger charge is 1.83. The normalized spacial score (nSPS) is 10.0. The van der Waals surface area contributed by atoms with E-state index in [9.17, 15) is 4.79 Å². The minimum atomic E-state index is 0. The van der Waals surface area contributed by atoms with Gasteiger partial charge in [-0.05, 0) is 12.5 Å². The van der Waals surface area contributed by atoms with Gasteiger partial charge in [-0.25, -0.2) is 0 Å². The van der Waals surface area contributed by atoms with Crippen molar-refractivity contribution in [2.24, 2.45) is 0 Å². The first kappa shape index (κ1) is 10.7. The first-order chi connectivity index (χ1) is 3.35. The average Bonchev–Trinajstić information content (AvgIpc) is 1.72. The molecule has 0 saturated carbocycles. The zero-order chi connectivity index (χ0) is 5.70. The number of allylic oxidation sites excluding steroid dienone is 1. The Labute approximate surface area is 56.2 Å². The highest BCUT2D eigenvalue weighted by Crippen LogP contribution is 1.89. The molecule has 8 heavy (non-hydrogen) atoms. The van der Waals surface area contributed by atoms with Gasteiger partial charge in [0.15, 0.2) is 0 Å². The SMILES string of the molecule is C.CC=C(C=O)CS. The van der Waals surface area contributed by atoms with Crippen LogP contribution in [0.15, 0.2) is 11.6 Å². The summed E-state index contributed by atoms with van der Waals surface area (Å²) in [6.07, 6.45) is 2.56. The van der Waals surface area contributed by atoms with E-state index in [1.165, 1.54) is 0 Å². The molecular formula is C6H12OS. The van der Waals surface area contributed by atoms with Crippen LogP contribution in [0.1, 0.15) is 14.4 Å². The van der Waals surface area contributed by atoms with Crippen LogP contribution in [-0.4, -0.2) is 12.0 Å². The van der Waals surface area contributed by atoms with Crippen molar-refractivity contribution in [2.75, 3.05) is 5.75 Å². The Morgan fingerprint density at radius 1 is 1.75 bits per heavy atom. The van der Waals surface area contributed by atoms with Crippen LogP contribution in [0.3, 0.4) is 0 Å². The predicted molar refractivity (Wildman–Crippen MR) is 40.4 cm³/mol. The zero-order valence-corrected chi connectivity index (χ0v) is 5.11. The lowest BCUT2D eigenvalue weighted by Crippen LogP contribution is -1.82. The molecule has 0 radical (unpaired) electrons. The van der Waals surface area contributed by atoms with Gasteiger partial charge in [-0.3, -0.25) is 4.79 Å². The third kappa shape index (κ3) is 3.93.